The van der Waals surface area contributed by atoms with Gasteiger partial charge in [0.15, 0.2) is 0 Å². The molecule has 0 saturated carbocycles. The third-order valence-corrected chi connectivity index (χ3v) is 4.92. The number of aliphatic hydroxyl groups excluding tert-OH is 1. The third-order valence-electron chi connectivity index (χ3n) is 4.92. The second kappa shape index (κ2) is 8.56. The first-order valence-corrected chi connectivity index (χ1v) is 8.82. The van der Waals surface area contributed by atoms with E-state index in [0.29, 0.717) is 12.0 Å². The maximum atomic E-state index is 13.9. The summed E-state index contributed by atoms with van der Waals surface area (Å²) in [5.41, 5.74) is -0.116. The quantitative estimate of drug-likeness (QED) is 0.354. The van der Waals surface area contributed by atoms with E-state index in [1.165, 1.54) is 12.1 Å². The average molecular weight is 496 g/mol. The van der Waals surface area contributed by atoms with Gasteiger partial charge < -0.3 is 5.11 Å². The summed E-state index contributed by atoms with van der Waals surface area (Å²) in [5.74, 6) is -37.5. The SMILES string of the molecule is CCC(C)c1cccc(C(O)CC(F)(F)C(F)(F)C(F)(F)C(F)(F)C(F)(F)C(F)(F)F)c1. The van der Waals surface area contributed by atoms with Crippen LogP contribution in [0.5, 0.6) is 0 Å². The molecule has 0 aliphatic carbocycles. The highest BCUT2D eigenvalue weighted by molar-refractivity contribution is 5.28. The molecule has 1 nitrogen and oxygen atoms in total. The van der Waals surface area contributed by atoms with Gasteiger partial charge >= 0.3 is 35.8 Å². The Morgan fingerprint density at radius 3 is 1.59 bits per heavy atom. The van der Waals surface area contributed by atoms with Crippen LogP contribution in [0.4, 0.5) is 57.1 Å². The molecule has 32 heavy (non-hydrogen) atoms. The summed E-state index contributed by atoms with van der Waals surface area (Å²) in [6.07, 6.45) is -12.3. The van der Waals surface area contributed by atoms with Gasteiger partial charge in [0.1, 0.15) is 0 Å². The molecule has 1 aromatic carbocycles. The number of rotatable bonds is 9. The molecule has 186 valence electrons. The third kappa shape index (κ3) is 4.51. The van der Waals surface area contributed by atoms with Crippen molar-refractivity contribution in [2.75, 3.05) is 0 Å². The number of aliphatic hydroxyl groups is 1. The largest absolute Gasteiger partial charge is 0.460 e. The van der Waals surface area contributed by atoms with E-state index in [-0.39, 0.29) is 5.92 Å². The van der Waals surface area contributed by atoms with Crippen LogP contribution in [0.3, 0.4) is 0 Å². The van der Waals surface area contributed by atoms with Crippen molar-refractivity contribution in [2.24, 2.45) is 0 Å². The lowest BCUT2D eigenvalue weighted by atomic mass is 9.89. The van der Waals surface area contributed by atoms with E-state index < -0.39 is 53.9 Å². The zero-order valence-corrected chi connectivity index (χ0v) is 16.2. The molecule has 0 heterocycles. The number of hydrogen-bond donors (Lipinski definition) is 1. The fraction of sp³-hybridized carbons (Fsp3) is 0.667. The fourth-order valence-corrected chi connectivity index (χ4v) is 2.60. The van der Waals surface area contributed by atoms with Gasteiger partial charge in [0, 0.05) is 6.42 Å². The van der Waals surface area contributed by atoms with Crippen molar-refractivity contribution in [3.63, 3.8) is 0 Å². The van der Waals surface area contributed by atoms with Crippen LogP contribution in [0, 0.1) is 0 Å². The normalized spacial score (nSPS) is 16.8. The molecule has 1 aromatic rings. The predicted octanol–water partition coefficient (Wildman–Crippen LogP) is 7.36. The fourth-order valence-electron chi connectivity index (χ4n) is 2.60. The van der Waals surface area contributed by atoms with E-state index in [0.717, 1.165) is 12.1 Å². The number of hydrogen-bond acceptors (Lipinski definition) is 1. The lowest BCUT2D eigenvalue weighted by Crippen LogP contribution is -2.70. The molecule has 0 fully saturated rings. The second-order valence-corrected chi connectivity index (χ2v) is 7.20. The van der Waals surface area contributed by atoms with Gasteiger partial charge in [0.25, 0.3) is 0 Å². The van der Waals surface area contributed by atoms with Crippen molar-refractivity contribution in [3.05, 3.63) is 35.4 Å². The van der Waals surface area contributed by atoms with Gasteiger partial charge in [-0.1, -0.05) is 38.1 Å². The van der Waals surface area contributed by atoms with Crippen LogP contribution in [0.1, 0.15) is 49.8 Å². The lowest BCUT2D eigenvalue weighted by Gasteiger charge is -2.40. The lowest BCUT2D eigenvalue weighted by molar-refractivity contribution is -0.440. The molecule has 1 N–H and O–H groups in total. The highest BCUT2D eigenvalue weighted by atomic mass is 19.4. The first-order valence-electron chi connectivity index (χ1n) is 8.82. The second-order valence-electron chi connectivity index (χ2n) is 7.20. The van der Waals surface area contributed by atoms with Gasteiger partial charge in [-0.15, -0.1) is 0 Å². The highest BCUT2D eigenvalue weighted by Crippen LogP contribution is 2.61. The summed E-state index contributed by atoms with van der Waals surface area (Å²) in [4.78, 5) is 0. The van der Waals surface area contributed by atoms with Gasteiger partial charge in [-0.05, 0) is 23.5 Å². The van der Waals surface area contributed by atoms with E-state index in [4.69, 9.17) is 0 Å². The molecular formula is C18H17F13O. The van der Waals surface area contributed by atoms with Crippen molar-refractivity contribution in [1.29, 1.82) is 0 Å². The van der Waals surface area contributed by atoms with Crippen LogP contribution in [0.15, 0.2) is 24.3 Å². The van der Waals surface area contributed by atoms with E-state index in [2.05, 4.69) is 0 Å². The molecule has 0 radical (unpaired) electrons. The Hall–Kier alpha value is -1.73. The van der Waals surface area contributed by atoms with Crippen molar-refractivity contribution in [2.45, 2.75) is 74.5 Å². The highest BCUT2D eigenvalue weighted by Gasteiger charge is 2.90. The van der Waals surface area contributed by atoms with Crippen molar-refractivity contribution in [1.82, 2.24) is 0 Å². The molecule has 0 saturated heterocycles. The Labute approximate surface area is 173 Å². The zero-order valence-electron chi connectivity index (χ0n) is 16.2. The monoisotopic (exact) mass is 496 g/mol. The van der Waals surface area contributed by atoms with Gasteiger partial charge in [-0.25, -0.2) is 0 Å². The first kappa shape index (κ1) is 28.3. The van der Waals surface area contributed by atoms with Gasteiger partial charge in [0.05, 0.1) is 6.10 Å². The Balaban J connectivity index is 3.34. The van der Waals surface area contributed by atoms with Crippen LogP contribution >= 0.6 is 0 Å². The Bertz CT molecular complexity index is 785. The number of benzene rings is 1. The summed E-state index contributed by atoms with van der Waals surface area (Å²) in [6.45, 7) is 3.36. The molecule has 2 atom stereocenters. The van der Waals surface area contributed by atoms with E-state index >= 15 is 0 Å². The number of halogens is 13. The van der Waals surface area contributed by atoms with E-state index in [9.17, 15) is 62.2 Å². The number of alkyl halides is 13. The van der Waals surface area contributed by atoms with Crippen LogP contribution in [0.25, 0.3) is 0 Å². The molecule has 0 aliphatic heterocycles. The van der Waals surface area contributed by atoms with Crippen molar-refractivity contribution < 1.29 is 62.2 Å². The summed E-state index contributed by atoms with van der Waals surface area (Å²) < 4.78 is 171. The van der Waals surface area contributed by atoms with Crippen molar-refractivity contribution in [3.8, 4) is 0 Å². The minimum Gasteiger partial charge on any atom is -0.388 e. The molecule has 2 unspecified atom stereocenters. The average Bonchev–Trinajstić information content (AvgIpc) is 2.65. The molecule has 0 bridgehead atoms. The van der Waals surface area contributed by atoms with Crippen LogP contribution in [-0.4, -0.2) is 40.9 Å². The minimum atomic E-state index is -7.95. The Morgan fingerprint density at radius 1 is 0.719 bits per heavy atom. The molecule has 0 spiro atoms. The minimum absolute atomic E-state index is 0.225. The maximum absolute atomic E-state index is 13.9. The molecule has 0 amide bonds. The van der Waals surface area contributed by atoms with Crippen LogP contribution in [0.2, 0.25) is 0 Å². The Kier molecular flexibility index (Phi) is 7.57. The van der Waals surface area contributed by atoms with Crippen LogP contribution < -0.4 is 0 Å². The zero-order chi connectivity index (χ0) is 25.6. The molecule has 0 aliphatic rings. The first-order chi connectivity index (χ1) is 14.1. The summed E-state index contributed by atoms with van der Waals surface area (Å²) in [5, 5.41) is 9.78. The van der Waals surface area contributed by atoms with Gasteiger partial charge in [-0.2, -0.15) is 57.1 Å². The molecular weight excluding hydrogens is 479 g/mol. The molecule has 0 aromatic heterocycles. The summed E-state index contributed by atoms with van der Waals surface area (Å²) in [6, 6.07) is 4.58. The van der Waals surface area contributed by atoms with E-state index in [1.807, 2.05) is 0 Å². The van der Waals surface area contributed by atoms with E-state index in [1.54, 1.807) is 13.8 Å². The topological polar surface area (TPSA) is 20.2 Å². The standard InChI is InChI=1S/C18H17F13O/c1-3-9(2)10-5-4-6-11(7-10)12(32)8-13(19,20)14(21,22)15(23,24)16(25,26)17(27,28)18(29,30)31/h4-7,9,12,32H,3,8H2,1-2H3. The summed E-state index contributed by atoms with van der Waals surface area (Å²) >= 11 is 0. The molecule has 1 rings (SSSR count). The van der Waals surface area contributed by atoms with Gasteiger partial charge in [0.2, 0.25) is 0 Å². The van der Waals surface area contributed by atoms with Gasteiger partial charge in [-0.3, -0.25) is 0 Å². The van der Waals surface area contributed by atoms with Crippen molar-refractivity contribution >= 4 is 0 Å². The predicted molar refractivity (Wildman–Crippen MR) is 85.5 cm³/mol. The smallest absolute Gasteiger partial charge is 0.388 e. The molecule has 14 heteroatoms. The summed E-state index contributed by atoms with van der Waals surface area (Å²) in [7, 11) is 0. The maximum Gasteiger partial charge on any atom is 0.460 e. The Morgan fingerprint density at radius 2 is 1.16 bits per heavy atom. The van der Waals surface area contributed by atoms with Crippen LogP contribution in [-0.2, 0) is 0 Å².